The third-order valence-corrected chi connectivity index (χ3v) is 5.02. The van der Waals surface area contributed by atoms with Crippen LogP contribution in [0.4, 0.5) is 5.69 Å². The Morgan fingerprint density at radius 2 is 1.73 bits per heavy atom. The maximum atomic E-state index is 12.9. The molecule has 0 spiro atoms. The van der Waals surface area contributed by atoms with Gasteiger partial charge in [-0.1, -0.05) is 30.3 Å². The Bertz CT molecular complexity index is 860. The summed E-state index contributed by atoms with van der Waals surface area (Å²) < 4.78 is 5.23. The minimum atomic E-state index is -0.746. The topological polar surface area (TPSA) is 87.7 Å². The van der Waals surface area contributed by atoms with Gasteiger partial charge in [-0.2, -0.15) is 11.8 Å². The molecule has 2 aromatic rings. The number of nitrogens with one attached hydrogen (secondary N) is 2. The van der Waals surface area contributed by atoms with Crippen molar-refractivity contribution in [1.29, 1.82) is 0 Å². The second-order valence-corrected chi connectivity index (χ2v) is 7.60. The number of carbonyl (C=O) groups is 3. The van der Waals surface area contributed by atoms with E-state index in [9.17, 15) is 14.4 Å². The number of rotatable bonds is 10. The van der Waals surface area contributed by atoms with E-state index in [1.54, 1.807) is 55.2 Å². The number of para-hydroxylation sites is 2. The van der Waals surface area contributed by atoms with E-state index in [0.717, 1.165) is 0 Å². The molecular formula is C22H27N3O4S. The Balaban J connectivity index is 2.04. The molecule has 2 rings (SSSR count). The van der Waals surface area contributed by atoms with Crippen molar-refractivity contribution in [2.45, 2.75) is 12.5 Å². The minimum Gasteiger partial charge on any atom is -0.496 e. The molecule has 0 fully saturated rings. The molecule has 0 aliphatic carbocycles. The van der Waals surface area contributed by atoms with E-state index in [-0.39, 0.29) is 18.4 Å². The van der Waals surface area contributed by atoms with Crippen LogP contribution >= 0.6 is 11.8 Å². The molecule has 2 aromatic carbocycles. The molecule has 0 saturated carbocycles. The van der Waals surface area contributed by atoms with Gasteiger partial charge in [-0.15, -0.1) is 0 Å². The first-order valence-electron chi connectivity index (χ1n) is 9.49. The van der Waals surface area contributed by atoms with Crippen LogP contribution in [0.2, 0.25) is 0 Å². The van der Waals surface area contributed by atoms with E-state index in [1.807, 2.05) is 24.5 Å². The number of benzene rings is 2. The fourth-order valence-electron chi connectivity index (χ4n) is 2.84. The van der Waals surface area contributed by atoms with Crippen molar-refractivity contribution in [3.63, 3.8) is 0 Å². The molecule has 0 bridgehead atoms. The van der Waals surface area contributed by atoms with Gasteiger partial charge >= 0.3 is 0 Å². The lowest BCUT2D eigenvalue weighted by molar-refractivity contribution is -0.135. The molecule has 1 unspecified atom stereocenters. The summed E-state index contributed by atoms with van der Waals surface area (Å²) in [6.45, 7) is -0.117. The number of amides is 3. The average molecular weight is 430 g/mol. The average Bonchev–Trinajstić information content (AvgIpc) is 2.76. The molecule has 0 radical (unpaired) electrons. The van der Waals surface area contributed by atoms with Crippen LogP contribution in [0.3, 0.4) is 0 Å². The van der Waals surface area contributed by atoms with Crippen molar-refractivity contribution in [3.05, 3.63) is 60.2 Å². The Morgan fingerprint density at radius 3 is 2.40 bits per heavy atom. The fourth-order valence-corrected chi connectivity index (χ4v) is 3.31. The Hall–Kier alpha value is -3.00. The summed E-state index contributed by atoms with van der Waals surface area (Å²) in [7, 11) is 3.04. The number of thioether (sulfide) groups is 1. The number of methoxy groups -OCH3 is 1. The maximum Gasteiger partial charge on any atom is 0.255 e. The predicted octanol–water partition coefficient (Wildman–Crippen LogP) is 2.64. The lowest BCUT2D eigenvalue weighted by Crippen LogP contribution is -2.49. The normalized spacial score (nSPS) is 11.3. The highest BCUT2D eigenvalue weighted by Gasteiger charge is 2.26. The third kappa shape index (κ3) is 6.81. The van der Waals surface area contributed by atoms with Crippen LogP contribution < -0.4 is 15.4 Å². The molecular weight excluding hydrogens is 402 g/mol. The van der Waals surface area contributed by atoms with Crippen LogP contribution in [0.15, 0.2) is 54.6 Å². The van der Waals surface area contributed by atoms with Gasteiger partial charge in [-0.05, 0) is 42.7 Å². The number of hydrogen-bond acceptors (Lipinski definition) is 5. The molecule has 3 amide bonds. The zero-order valence-electron chi connectivity index (χ0n) is 17.4. The summed E-state index contributed by atoms with van der Waals surface area (Å²) in [5.74, 6) is 0.0927. The molecule has 0 aromatic heterocycles. The maximum absolute atomic E-state index is 12.9. The van der Waals surface area contributed by atoms with Gasteiger partial charge in [0.15, 0.2) is 0 Å². The number of ether oxygens (including phenoxy) is 1. The van der Waals surface area contributed by atoms with Gasteiger partial charge in [0.1, 0.15) is 11.8 Å². The van der Waals surface area contributed by atoms with Crippen molar-refractivity contribution < 1.29 is 19.1 Å². The smallest absolute Gasteiger partial charge is 0.255 e. The first-order chi connectivity index (χ1) is 14.5. The van der Waals surface area contributed by atoms with Crippen LogP contribution in [0.25, 0.3) is 0 Å². The zero-order valence-corrected chi connectivity index (χ0v) is 18.2. The van der Waals surface area contributed by atoms with Gasteiger partial charge in [0.05, 0.1) is 19.2 Å². The molecule has 8 heteroatoms. The van der Waals surface area contributed by atoms with E-state index in [1.165, 1.54) is 12.0 Å². The largest absolute Gasteiger partial charge is 0.496 e. The molecule has 0 aliphatic heterocycles. The van der Waals surface area contributed by atoms with Crippen molar-refractivity contribution in [2.75, 3.05) is 38.0 Å². The van der Waals surface area contributed by atoms with E-state index >= 15 is 0 Å². The van der Waals surface area contributed by atoms with Crippen molar-refractivity contribution in [1.82, 2.24) is 10.2 Å². The molecule has 2 N–H and O–H groups in total. The van der Waals surface area contributed by atoms with Crippen LogP contribution in [0.5, 0.6) is 5.75 Å². The standard InChI is InChI=1S/C22H27N3O4S/c1-25(15-20(26)23-16-9-5-4-6-10-16)22(28)18(13-14-30-3)24-21(27)17-11-7-8-12-19(17)29-2/h4-12,18H,13-15H2,1-3H3,(H,23,26)(H,24,27). The monoisotopic (exact) mass is 429 g/mol. The molecule has 0 saturated heterocycles. The summed E-state index contributed by atoms with van der Waals surface area (Å²) in [5.41, 5.74) is 1.01. The zero-order chi connectivity index (χ0) is 21.9. The summed E-state index contributed by atoms with van der Waals surface area (Å²) in [4.78, 5) is 39.3. The minimum absolute atomic E-state index is 0.117. The molecule has 0 heterocycles. The fraction of sp³-hybridized carbons (Fsp3) is 0.318. The quantitative estimate of drug-likeness (QED) is 0.606. The van der Waals surface area contributed by atoms with Gasteiger partial charge < -0.3 is 20.3 Å². The van der Waals surface area contributed by atoms with Gasteiger partial charge in [0.2, 0.25) is 11.8 Å². The highest BCUT2D eigenvalue weighted by molar-refractivity contribution is 7.98. The van der Waals surface area contributed by atoms with Crippen LogP contribution in [0, 0.1) is 0 Å². The number of likely N-dealkylation sites (N-methyl/N-ethyl adjacent to an activating group) is 1. The number of hydrogen-bond donors (Lipinski definition) is 2. The van der Waals surface area contributed by atoms with Crippen molar-refractivity contribution in [3.8, 4) is 5.75 Å². The van der Waals surface area contributed by atoms with E-state index in [4.69, 9.17) is 4.74 Å². The number of anilines is 1. The lowest BCUT2D eigenvalue weighted by Gasteiger charge is -2.24. The van der Waals surface area contributed by atoms with Crippen LogP contribution in [-0.2, 0) is 9.59 Å². The number of carbonyl (C=O) groups excluding carboxylic acids is 3. The summed E-state index contributed by atoms with van der Waals surface area (Å²) >= 11 is 1.58. The second-order valence-electron chi connectivity index (χ2n) is 6.62. The van der Waals surface area contributed by atoms with Crippen LogP contribution in [-0.4, -0.2) is 61.4 Å². The van der Waals surface area contributed by atoms with E-state index < -0.39 is 11.9 Å². The molecule has 160 valence electrons. The van der Waals surface area contributed by atoms with Gasteiger partial charge in [-0.25, -0.2) is 0 Å². The Morgan fingerprint density at radius 1 is 1.07 bits per heavy atom. The highest BCUT2D eigenvalue weighted by atomic mass is 32.2. The van der Waals surface area contributed by atoms with Gasteiger partial charge in [-0.3, -0.25) is 14.4 Å². The molecule has 7 nitrogen and oxygen atoms in total. The first kappa shape index (κ1) is 23.3. The van der Waals surface area contributed by atoms with E-state index in [2.05, 4.69) is 10.6 Å². The molecule has 1 atom stereocenters. The van der Waals surface area contributed by atoms with Crippen molar-refractivity contribution >= 4 is 35.2 Å². The summed E-state index contributed by atoms with van der Waals surface area (Å²) in [6.07, 6.45) is 2.38. The number of nitrogens with zero attached hydrogens (tertiary/aromatic N) is 1. The summed E-state index contributed by atoms with van der Waals surface area (Å²) in [5, 5.41) is 5.54. The highest BCUT2D eigenvalue weighted by Crippen LogP contribution is 2.17. The van der Waals surface area contributed by atoms with Crippen molar-refractivity contribution in [2.24, 2.45) is 0 Å². The van der Waals surface area contributed by atoms with Gasteiger partial charge in [0.25, 0.3) is 5.91 Å². The summed E-state index contributed by atoms with van der Waals surface area (Å²) in [6, 6.07) is 15.1. The first-order valence-corrected chi connectivity index (χ1v) is 10.9. The van der Waals surface area contributed by atoms with Crippen LogP contribution in [0.1, 0.15) is 16.8 Å². The second kappa shape index (κ2) is 11.9. The Kier molecular flexibility index (Phi) is 9.21. The van der Waals surface area contributed by atoms with E-state index in [0.29, 0.717) is 29.2 Å². The molecule has 0 aliphatic rings. The lowest BCUT2D eigenvalue weighted by atomic mass is 10.1. The SMILES string of the molecule is COc1ccccc1C(=O)NC(CCSC)C(=O)N(C)CC(=O)Nc1ccccc1. The molecule has 30 heavy (non-hydrogen) atoms. The van der Waals surface area contributed by atoms with Gasteiger partial charge in [0, 0.05) is 12.7 Å². The Labute approximate surface area is 181 Å². The predicted molar refractivity (Wildman–Crippen MR) is 120 cm³/mol. The third-order valence-electron chi connectivity index (χ3n) is 4.38.